The third-order valence-corrected chi connectivity index (χ3v) is 11.0. The number of esters is 1. The van der Waals surface area contributed by atoms with Crippen LogP contribution in [0.25, 0.3) is 0 Å². The Labute approximate surface area is 233 Å². The number of carbonyl (C=O) groups excluding carboxylic acids is 3. The Hall–Kier alpha value is -2.09. The van der Waals surface area contributed by atoms with Gasteiger partial charge in [0.15, 0.2) is 0 Å². The molecule has 3 fully saturated rings. The van der Waals surface area contributed by atoms with Crippen LogP contribution in [0.1, 0.15) is 73.6 Å². The maximum absolute atomic E-state index is 12.8. The van der Waals surface area contributed by atoms with Crippen LogP contribution in [-0.2, 0) is 23.9 Å². The van der Waals surface area contributed by atoms with Crippen molar-refractivity contribution >= 4 is 35.6 Å². The van der Waals surface area contributed by atoms with Crippen LogP contribution in [0.4, 0.5) is 4.79 Å². The van der Waals surface area contributed by atoms with Gasteiger partial charge < -0.3 is 40.7 Å². The van der Waals surface area contributed by atoms with Gasteiger partial charge in [-0.3, -0.25) is 9.59 Å². The van der Waals surface area contributed by atoms with Crippen molar-refractivity contribution in [3.05, 3.63) is 0 Å². The van der Waals surface area contributed by atoms with E-state index in [1.165, 1.54) is 34.6 Å². The molecule has 0 bridgehead atoms. The van der Waals surface area contributed by atoms with Crippen molar-refractivity contribution in [3.8, 4) is 0 Å². The zero-order chi connectivity index (χ0) is 29.4. The maximum Gasteiger partial charge on any atom is 0.340 e. The van der Waals surface area contributed by atoms with Crippen LogP contribution in [0.3, 0.4) is 0 Å². The predicted molar refractivity (Wildman–Crippen MR) is 143 cm³/mol. The van der Waals surface area contributed by atoms with Gasteiger partial charge in [0.05, 0.1) is 28.8 Å². The van der Waals surface area contributed by atoms with Gasteiger partial charge >= 0.3 is 18.0 Å². The van der Waals surface area contributed by atoms with Crippen molar-refractivity contribution in [1.82, 2.24) is 16.0 Å². The molecule has 0 aliphatic carbocycles. The van der Waals surface area contributed by atoms with Gasteiger partial charge in [-0.2, -0.15) is 11.8 Å². The van der Waals surface area contributed by atoms with Crippen molar-refractivity contribution in [2.75, 3.05) is 19.0 Å². The molecule has 3 aliphatic rings. The van der Waals surface area contributed by atoms with Crippen LogP contribution in [-0.4, -0.2) is 97.8 Å². The number of aliphatic hydroxyl groups excluding tert-OH is 1. The molecule has 0 spiro atoms. The summed E-state index contributed by atoms with van der Waals surface area (Å²) in [6, 6.07) is 0.0649. The average Bonchev–Trinajstić information content (AvgIpc) is 3.37. The van der Waals surface area contributed by atoms with E-state index < -0.39 is 58.8 Å². The number of urea groups is 1. The summed E-state index contributed by atoms with van der Waals surface area (Å²) < 4.78 is 11.7. The molecule has 0 aromatic heterocycles. The fourth-order valence-electron chi connectivity index (χ4n) is 6.36. The van der Waals surface area contributed by atoms with Gasteiger partial charge in [-0.15, -0.1) is 0 Å². The molecular formula is C26H43N3O9S. The molecule has 3 rings (SSSR count). The molecule has 6 N–H and O–H groups in total. The fraction of sp³-hybridized carbons (Fsp3) is 0.846. The van der Waals surface area contributed by atoms with E-state index in [0.717, 1.165) is 18.6 Å². The van der Waals surface area contributed by atoms with E-state index in [-0.39, 0.29) is 36.2 Å². The molecule has 0 saturated carbocycles. The highest BCUT2D eigenvalue weighted by atomic mass is 32.2. The maximum atomic E-state index is 12.8. The van der Waals surface area contributed by atoms with Gasteiger partial charge in [0, 0.05) is 42.8 Å². The number of rotatable bonds is 11. The van der Waals surface area contributed by atoms with Crippen LogP contribution in [0.2, 0.25) is 0 Å². The van der Waals surface area contributed by atoms with E-state index in [0.29, 0.717) is 6.42 Å². The molecule has 222 valence electrons. The second-order valence-corrected chi connectivity index (χ2v) is 13.2. The van der Waals surface area contributed by atoms with Crippen LogP contribution >= 0.6 is 11.8 Å². The summed E-state index contributed by atoms with van der Waals surface area (Å²) in [6.07, 6.45) is 2.05. The van der Waals surface area contributed by atoms with Crippen molar-refractivity contribution in [2.45, 2.75) is 113 Å². The molecule has 13 heteroatoms. The van der Waals surface area contributed by atoms with Crippen LogP contribution in [0.5, 0.6) is 0 Å². The number of hydrogen-bond donors (Lipinski definition) is 6. The van der Waals surface area contributed by atoms with E-state index in [9.17, 15) is 34.5 Å². The first-order valence-electron chi connectivity index (χ1n) is 13.4. The van der Waals surface area contributed by atoms with Gasteiger partial charge in [0.2, 0.25) is 11.5 Å². The number of hydrogen-bond acceptors (Lipinski definition) is 9. The summed E-state index contributed by atoms with van der Waals surface area (Å²) in [6.45, 7) is 7.71. The summed E-state index contributed by atoms with van der Waals surface area (Å²) >= 11 is 1.79. The molecule has 3 amide bonds. The Morgan fingerprint density at radius 2 is 1.82 bits per heavy atom. The third kappa shape index (κ3) is 5.22. The van der Waals surface area contributed by atoms with Crippen molar-refractivity contribution < 1.29 is 44.0 Å². The first kappa shape index (κ1) is 31.4. The normalized spacial score (nSPS) is 38.9. The number of amides is 3. The average molecular weight is 574 g/mol. The first-order valence-corrected chi connectivity index (χ1v) is 14.4. The summed E-state index contributed by atoms with van der Waals surface area (Å²) in [7, 11) is 0. The quantitative estimate of drug-likeness (QED) is 0.118. The molecule has 3 saturated heterocycles. The van der Waals surface area contributed by atoms with Crippen LogP contribution < -0.4 is 16.0 Å². The van der Waals surface area contributed by atoms with Crippen molar-refractivity contribution in [3.63, 3.8) is 0 Å². The first-order chi connectivity index (χ1) is 18.0. The van der Waals surface area contributed by atoms with Crippen LogP contribution in [0.15, 0.2) is 0 Å². The molecule has 7 atom stereocenters. The number of ether oxygens (including phenoxy) is 2. The second kappa shape index (κ2) is 11.1. The molecule has 0 radical (unpaired) electrons. The molecule has 0 aromatic carbocycles. The Kier molecular flexibility index (Phi) is 8.91. The molecule has 3 unspecified atom stereocenters. The Morgan fingerprint density at radius 3 is 2.41 bits per heavy atom. The zero-order valence-corrected chi connectivity index (χ0v) is 24.4. The molecule has 3 heterocycles. The molecule has 0 aromatic rings. The summed E-state index contributed by atoms with van der Waals surface area (Å²) in [4.78, 5) is 49.2. The lowest BCUT2D eigenvalue weighted by molar-refractivity contribution is -0.344. The fourth-order valence-corrected chi connectivity index (χ4v) is 7.91. The number of aliphatic hydroxyl groups is 2. The van der Waals surface area contributed by atoms with Crippen molar-refractivity contribution in [1.29, 1.82) is 0 Å². The zero-order valence-electron chi connectivity index (χ0n) is 23.6. The summed E-state index contributed by atoms with van der Waals surface area (Å²) in [5, 5.41) is 41.0. The van der Waals surface area contributed by atoms with Gasteiger partial charge in [0.25, 0.3) is 0 Å². The topological polar surface area (TPSA) is 184 Å². The molecule has 3 aliphatic heterocycles. The van der Waals surface area contributed by atoms with E-state index in [1.807, 2.05) is 0 Å². The van der Waals surface area contributed by atoms with E-state index in [1.54, 1.807) is 18.7 Å². The highest BCUT2D eigenvalue weighted by molar-refractivity contribution is 8.00. The van der Waals surface area contributed by atoms with E-state index in [4.69, 9.17) is 9.47 Å². The monoisotopic (exact) mass is 573 g/mol. The number of carboxylic acid groups (broad SMARTS) is 1. The van der Waals surface area contributed by atoms with Gasteiger partial charge in [-0.1, -0.05) is 20.3 Å². The Morgan fingerprint density at radius 1 is 1.15 bits per heavy atom. The predicted octanol–water partition coefficient (Wildman–Crippen LogP) is 0.922. The highest BCUT2D eigenvalue weighted by Gasteiger charge is 2.76. The SMILES string of the molecule is CC(=O)N[C@@]1(C)C(C)(CCO)OC(COC(=O)CCCCC2SC[C@@H]3NC(=O)N[C@H]23)(C(=O)O)C(C)(C)[C@@]1(C)O. The van der Waals surface area contributed by atoms with Gasteiger partial charge in [-0.05, 0) is 33.6 Å². The smallest absolute Gasteiger partial charge is 0.340 e. The largest absolute Gasteiger partial charge is 0.479 e. The van der Waals surface area contributed by atoms with E-state index >= 15 is 0 Å². The third-order valence-electron chi connectivity index (χ3n) is 9.51. The van der Waals surface area contributed by atoms with Crippen molar-refractivity contribution in [2.24, 2.45) is 5.41 Å². The number of fused-ring (bicyclic) bond motifs is 1. The van der Waals surface area contributed by atoms with E-state index in [2.05, 4.69) is 16.0 Å². The number of carbonyl (C=O) groups is 4. The summed E-state index contributed by atoms with van der Waals surface area (Å²) in [5.41, 5.74) is -8.70. The Bertz CT molecular complexity index is 992. The van der Waals surface area contributed by atoms with Gasteiger partial charge in [-0.25, -0.2) is 9.59 Å². The lowest BCUT2D eigenvalue weighted by Crippen LogP contribution is -2.86. The second-order valence-electron chi connectivity index (χ2n) is 12.0. The molecular weight excluding hydrogens is 530 g/mol. The number of unbranched alkanes of at least 4 members (excludes halogenated alkanes) is 1. The van der Waals surface area contributed by atoms with Gasteiger partial charge in [0.1, 0.15) is 6.61 Å². The minimum atomic E-state index is -2.18. The van der Waals surface area contributed by atoms with Crippen LogP contribution in [0, 0.1) is 5.41 Å². The number of thioether (sulfide) groups is 1. The highest BCUT2D eigenvalue weighted by Crippen LogP contribution is 2.59. The minimum absolute atomic E-state index is 0.0696. The Balaban J connectivity index is 1.70. The molecule has 39 heavy (non-hydrogen) atoms. The molecule has 12 nitrogen and oxygen atoms in total. The number of nitrogens with one attached hydrogen (secondary N) is 3. The number of aliphatic carboxylic acids is 1. The summed E-state index contributed by atoms with van der Waals surface area (Å²) in [5.74, 6) is -1.65. The lowest BCUT2D eigenvalue weighted by Gasteiger charge is -2.68. The lowest BCUT2D eigenvalue weighted by atomic mass is 9.51. The minimum Gasteiger partial charge on any atom is -0.479 e. The standard InChI is InChI=1S/C26H43N3O9S/c1-15(31)29-24(5)23(4,11-12-30)38-26(20(33)34,22(2,3)25(24,6)36)14-37-18(32)10-8-7-9-17-19-16(13-39-17)27-21(35)28-19/h16-17,19,30,36H,7-14H2,1-6H3,(H,29,31)(H,33,34)(H2,27,28,35)/t16-,17?,19-,23?,24-,25+,26?/m0/s1. The number of carboxylic acids is 1.